The molecule has 2 unspecified atom stereocenters. The summed E-state index contributed by atoms with van der Waals surface area (Å²) < 4.78 is 10.9. The molecule has 0 saturated carbocycles. The van der Waals surface area contributed by atoms with E-state index in [0.29, 0.717) is 16.7 Å². The highest BCUT2D eigenvalue weighted by molar-refractivity contribution is 5.86. The molecule has 1 aliphatic heterocycles. The Labute approximate surface area is 141 Å². The average Bonchev–Trinajstić information content (AvgIpc) is 2.98. The summed E-state index contributed by atoms with van der Waals surface area (Å²) in [5.74, 6) is -0.402. The monoisotopic (exact) mass is 348 g/mol. The summed E-state index contributed by atoms with van der Waals surface area (Å²) in [6.45, 7) is -0.0866. The lowest BCUT2D eigenvalue weighted by molar-refractivity contribution is -0.141. The van der Waals surface area contributed by atoms with Gasteiger partial charge in [0.1, 0.15) is 23.6 Å². The number of rotatable bonds is 4. The summed E-state index contributed by atoms with van der Waals surface area (Å²) in [7, 11) is 1.50. The summed E-state index contributed by atoms with van der Waals surface area (Å²) >= 11 is 0. The number of carboxylic acid groups (broad SMARTS) is 2. The fourth-order valence-electron chi connectivity index (χ4n) is 2.94. The van der Waals surface area contributed by atoms with Gasteiger partial charge in [0.05, 0.1) is 19.2 Å². The van der Waals surface area contributed by atoms with Crippen molar-refractivity contribution in [2.75, 3.05) is 13.7 Å². The van der Waals surface area contributed by atoms with Gasteiger partial charge in [0, 0.05) is 23.9 Å². The Hall–Kier alpha value is -3.23. The number of hydrogen-bond donors (Lipinski definition) is 3. The molecule has 2 aromatic rings. The van der Waals surface area contributed by atoms with Gasteiger partial charge < -0.3 is 24.7 Å². The summed E-state index contributed by atoms with van der Waals surface area (Å²) in [5, 5.41) is 18.9. The van der Waals surface area contributed by atoms with E-state index in [2.05, 4.69) is 4.98 Å². The Balaban J connectivity index is 1.92. The quantitative estimate of drug-likeness (QED) is 0.755. The van der Waals surface area contributed by atoms with E-state index in [1.54, 1.807) is 18.2 Å². The lowest BCUT2D eigenvalue weighted by Crippen LogP contribution is -2.39. The lowest BCUT2D eigenvalue weighted by atomic mass is 10.1. The van der Waals surface area contributed by atoms with Crippen molar-refractivity contribution in [3.8, 4) is 11.5 Å². The molecule has 25 heavy (non-hydrogen) atoms. The van der Waals surface area contributed by atoms with E-state index >= 15 is 0 Å². The fraction of sp³-hybridized carbons (Fsp3) is 0.312. The lowest BCUT2D eigenvalue weighted by Gasteiger charge is -2.17. The van der Waals surface area contributed by atoms with Gasteiger partial charge in [0.2, 0.25) is 0 Å². The highest BCUT2D eigenvalue weighted by Crippen LogP contribution is 2.29. The third-order valence-corrected chi connectivity index (χ3v) is 4.10. The third-order valence-electron chi connectivity index (χ3n) is 4.10. The van der Waals surface area contributed by atoms with Crippen LogP contribution in [0.4, 0.5) is 4.79 Å². The number of nitrogens with one attached hydrogen (secondary N) is 1. The second-order valence-corrected chi connectivity index (χ2v) is 5.67. The summed E-state index contributed by atoms with van der Waals surface area (Å²) in [5.41, 5.74) is 0.114. The number of ether oxygens (including phenoxy) is 2. The second kappa shape index (κ2) is 6.34. The third kappa shape index (κ3) is 3.21. The molecule has 2 atom stereocenters. The molecule has 1 aromatic heterocycles. The van der Waals surface area contributed by atoms with Gasteiger partial charge in [0.25, 0.3) is 5.56 Å². The van der Waals surface area contributed by atoms with Crippen LogP contribution in [0.1, 0.15) is 6.42 Å². The minimum atomic E-state index is -1.32. The molecular formula is C16H16N2O7. The van der Waals surface area contributed by atoms with Crippen LogP contribution >= 0.6 is 0 Å². The fourth-order valence-corrected chi connectivity index (χ4v) is 2.94. The molecule has 1 aromatic carbocycles. The number of likely N-dealkylation sites (tertiary alicyclic amines) is 1. The molecule has 132 valence electrons. The van der Waals surface area contributed by atoms with Crippen molar-refractivity contribution in [1.82, 2.24) is 9.88 Å². The number of carbonyl (C=O) groups is 2. The molecule has 2 heterocycles. The number of benzene rings is 1. The van der Waals surface area contributed by atoms with Gasteiger partial charge in [-0.25, -0.2) is 9.59 Å². The smallest absolute Gasteiger partial charge is 0.408 e. The van der Waals surface area contributed by atoms with E-state index in [4.69, 9.17) is 19.7 Å². The van der Waals surface area contributed by atoms with E-state index < -0.39 is 29.8 Å². The SMILES string of the molecule is COc1ccc2c(OC3CC(C(=O)O)N(C(=O)O)C3)cc(=O)[nH]c2c1. The Kier molecular flexibility index (Phi) is 4.22. The number of carboxylic acids is 1. The average molecular weight is 348 g/mol. The Morgan fingerprint density at radius 1 is 1.28 bits per heavy atom. The molecule has 0 radical (unpaired) electrons. The van der Waals surface area contributed by atoms with Gasteiger partial charge in [0.15, 0.2) is 0 Å². The Morgan fingerprint density at radius 2 is 2.04 bits per heavy atom. The van der Waals surface area contributed by atoms with Crippen molar-refractivity contribution in [2.24, 2.45) is 0 Å². The van der Waals surface area contributed by atoms with Crippen LogP contribution in [-0.2, 0) is 4.79 Å². The van der Waals surface area contributed by atoms with Gasteiger partial charge in [-0.2, -0.15) is 0 Å². The number of methoxy groups -OCH3 is 1. The van der Waals surface area contributed by atoms with E-state index in [9.17, 15) is 14.4 Å². The van der Waals surface area contributed by atoms with Crippen LogP contribution in [0.3, 0.4) is 0 Å². The standard InChI is InChI=1S/C16H16N2O7/c1-24-8-2-3-10-11(4-8)17-14(19)6-13(10)25-9-5-12(15(20)21)18(7-9)16(22)23/h2-4,6,9,12H,5,7H2,1H3,(H,17,19)(H,20,21)(H,22,23). The van der Waals surface area contributed by atoms with Crippen LogP contribution in [0.25, 0.3) is 10.9 Å². The number of aromatic nitrogens is 1. The predicted molar refractivity (Wildman–Crippen MR) is 86.3 cm³/mol. The summed E-state index contributed by atoms with van der Waals surface area (Å²) in [6, 6.07) is 5.13. The molecule has 0 aliphatic carbocycles. The van der Waals surface area contributed by atoms with Gasteiger partial charge in [-0.3, -0.25) is 9.69 Å². The number of hydrogen-bond acceptors (Lipinski definition) is 5. The first-order valence-electron chi connectivity index (χ1n) is 7.49. The topological polar surface area (TPSA) is 129 Å². The first-order valence-corrected chi connectivity index (χ1v) is 7.49. The normalized spacial score (nSPS) is 19.8. The number of amides is 1. The van der Waals surface area contributed by atoms with Crippen molar-refractivity contribution in [1.29, 1.82) is 0 Å². The predicted octanol–water partition coefficient (Wildman–Crippen LogP) is 1.12. The van der Waals surface area contributed by atoms with E-state index in [1.807, 2.05) is 0 Å². The zero-order chi connectivity index (χ0) is 18.1. The number of aliphatic carboxylic acids is 1. The van der Waals surface area contributed by atoms with Gasteiger partial charge in [-0.15, -0.1) is 0 Å². The molecule has 0 bridgehead atoms. The molecule has 3 rings (SSSR count). The van der Waals surface area contributed by atoms with Crippen LogP contribution < -0.4 is 15.0 Å². The first-order chi connectivity index (χ1) is 11.9. The van der Waals surface area contributed by atoms with Crippen molar-refractivity contribution in [3.63, 3.8) is 0 Å². The van der Waals surface area contributed by atoms with Crippen molar-refractivity contribution in [2.45, 2.75) is 18.6 Å². The number of H-pyrrole nitrogens is 1. The molecule has 1 aliphatic rings. The molecule has 9 heteroatoms. The summed E-state index contributed by atoms with van der Waals surface area (Å²) in [6.07, 6.45) is -1.98. The number of aromatic amines is 1. The van der Waals surface area contributed by atoms with Crippen LogP contribution in [-0.4, -0.2) is 58.0 Å². The molecule has 9 nitrogen and oxygen atoms in total. The number of nitrogens with zero attached hydrogens (tertiary/aromatic N) is 1. The van der Waals surface area contributed by atoms with Gasteiger partial charge in [-0.1, -0.05) is 0 Å². The number of pyridine rings is 1. The largest absolute Gasteiger partial charge is 0.497 e. The zero-order valence-electron chi connectivity index (χ0n) is 13.3. The maximum atomic E-state index is 11.8. The van der Waals surface area contributed by atoms with Crippen molar-refractivity contribution < 1.29 is 29.3 Å². The van der Waals surface area contributed by atoms with Crippen LogP contribution in [0.15, 0.2) is 29.1 Å². The number of fused-ring (bicyclic) bond motifs is 1. The van der Waals surface area contributed by atoms with Crippen LogP contribution in [0.5, 0.6) is 11.5 Å². The molecular weight excluding hydrogens is 332 g/mol. The van der Waals surface area contributed by atoms with Gasteiger partial charge in [-0.05, 0) is 12.1 Å². The second-order valence-electron chi connectivity index (χ2n) is 5.67. The molecule has 1 fully saturated rings. The minimum absolute atomic E-state index is 0.00603. The molecule has 1 amide bonds. The summed E-state index contributed by atoms with van der Waals surface area (Å²) in [4.78, 5) is 37.8. The zero-order valence-corrected chi connectivity index (χ0v) is 13.3. The van der Waals surface area contributed by atoms with Crippen LogP contribution in [0.2, 0.25) is 0 Å². The van der Waals surface area contributed by atoms with E-state index in [-0.39, 0.29) is 18.7 Å². The Bertz CT molecular complexity index is 870. The minimum Gasteiger partial charge on any atom is -0.497 e. The van der Waals surface area contributed by atoms with Crippen molar-refractivity contribution in [3.05, 3.63) is 34.6 Å². The highest BCUT2D eigenvalue weighted by Gasteiger charge is 2.41. The van der Waals surface area contributed by atoms with Crippen LogP contribution in [0, 0.1) is 0 Å². The van der Waals surface area contributed by atoms with E-state index in [1.165, 1.54) is 13.2 Å². The molecule has 3 N–H and O–H groups in total. The maximum Gasteiger partial charge on any atom is 0.408 e. The van der Waals surface area contributed by atoms with E-state index in [0.717, 1.165) is 4.90 Å². The maximum absolute atomic E-state index is 11.8. The molecule has 1 saturated heterocycles. The Morgan fingerprint density at radius 3 is 2.64 bits per heavy atom. The van der Waals surface area contributed by atoms with Gasteiger partial charge >= 0.3 is 12.1 Å². The highest BCUT2D eigenvalue weighted by atomic mass is 16.5. The first kappa shape index (κ1) is 16.6. The molecule has 0 spiro atoms. The van der Waals surface area contributed by atoms with Crippen molar-refractivity contribution >= 4 is 23.0 Å².